The van der Waals surface area contributed by atoms with Crippen LogP contribution in [0.3, 0.4) is 0 Å². The molecule has 24 heavy (non-hydrogen) atoms. The Labute approximate surface area is 145 Å². The smallest absolute Gasteiger partial charge is 0.255 e. The molecule has 1 amide bonds. The van der Waals surface area contributed by atoms with Crippen LogP contribution in [0.25, 0.3) is 0 Å². The Kier molecular flexibility index (Phi) is 5.83. The number of nitrogens with one attached hydrogen (secondary N) is 1. The molecular weight excluding hydrogens is 330 g/mol. The average Bonchev–Trinajstić information content (AvgIpc) is 2.46. The molecule has 6 heteroatoms. The number of halogens is 2. The van der Waals surface area contributed by atoms with Crippen LogP contribution in [0.1, 0.15) is 24.2 Å². The van der Waals surface area contributed by atoms with Crippen LogP contribution in [0.4, 0.5) is 20.2 Å². The highest BCUT2D eigenvalue weighted by atomic mass is 32.2. The molecule has 0 aliphatic carbocycles. The van der Waals surface area contributed by atoms with Crippen LogP contribution in [0.2, 0.25) is 0 Å². The van der Waals surface area contributed by atoms with Gasteiger partial charge in [0.25, 0.3) is 5.91 Å². The lowest BCUT2D eigenvalue weighted by Gasteiger charge is -2.16. The number of thioether (sulfide) groups is 1. The van der Waals surface area contributed by atoms with Gasteiger partial charge in [-0.25, -0.2) is 8.78 Å². The van der Waals surface area contributed by atoms with Crippen molar-refractivity contribution in [2.24, 2.45) is 0 Å². The van der Waals surface area contributed by atoms with Crippen LogP contribution in [0.5, 0.6) is 0 Å². The number of carbonyl (C=O) groups excluding carboxylic acids is 1. The van der Waals surface area contributed by atoms with Gasteiger partial charge in [-0.3, -0.25) is 4.79 Å². The molecule has 0 saturated heterocycles. The van der Waals surface area contributed by atoms with E-state index in [9.17, 15) is 13.6 Å². The molecule has 1 N–H and O–H groups in total. The van der Waals surface area contributed by atoms with Crippen LogP contribution in [-0.4, -0.2) is 25.3 Å². The van der Waals surface area contributed by atoms with Gasteiger partial charge in [-0.05, 0) is 36.4 Å². The summed E-state index contributed by atoms with van der Waals surface area (Å²) in [6.07, 6.45) is 0. The van der Waals surface area contributed by atoms with E-state index in [1.54, 1.807) is 38.0 Å². The zero-order valence-corrected chi connectivity index (χ0v) is 14.9. The quantitative estimate of drug-likeness (QED) is 0.788. The highest BCUT2D eigenvalue weighted by molar-refractivity contribution is 7.99. The normalized spacial score (nSPS) is 10.8. The summed E-state index contributed by atoms with van der Waals surface area (Å²) in [7, 11) is 3.10. The summed E-state index contributed by atoms with van der Waals surface area (Å²) in [6.45, 7) is 4.18. The van der Waals surface area contributed by atoms with Gasteiger partial charge < -0.3 is 10.2 Å². The first-order chi connectivity index (χ1) is 11.3. The Hall–Kier alpha value is -2.08. The number of amides is 1. The summed E-state index contributed by atoms with van der Waals surface area (Å²) in [6, 6.07) is 9.33. The fourth-order valence-electron chi connectivity index (χ4n) is 2.23. The molecule has 0 bridgehead atoms. The Morgan fingerprint density at radius 1 is 1.08 bits per heavy atom. The zero-order valence-electron chi connectivity index (χ0n) is 14.1. The Morgan fingerprint density at radius 3 is 2.08 bits per heavy atom. The second kappa shape index (κ2) is 7.66. The number of benzene rings is 2. The van der Waals surface area contributed by atoms with E-state index in [0.717, 1.165) is 17.0 Å². The summed E-state index contributed by atoms with van der Waals surface area (Å²) in [5, 5.41) is 2.97. The molecule has 0 radical (unpaired) electrons. The fraction of sp³-hybridized carbons (Fsp3) is 0.278. The third kappa shape index (κ3) is 4.47. The number of hydrogen-bond acceptors (Lipinski definition) is 3. The van der Waals surface area contributed by atoms with E-state index < -0.39 is 17.5 Å². The summed E-state index contributed by atoms with van der Waals surface area (Å²) in [5.41, 5.74) is 0.380. The maximum atomic E-state index is 14.0. The van der Waals surface area contributed by atoms with Gasteiger partial charge in [0.05, 0.1) is 0 Å². The van der Waals surface area contributed by atoms with E-state index in [1.807, 2.05) is 12.1 Å². The number of hydrogen-bond donors (Lipinski definition) is 1. The van der Waals surface area contributed by atoms with Gasteiger partial charge in [0.1, 0.15) is 5.69 Å². The van der Waals surface area contributed by atoms with E-state index in [4.69, 9.17) is 0 Å². The number of anilines is 2. The van der Waals surface area contributed by atoms with Crippen LogP contribution >= 0.6 is 11.8 Å². The molecular formula is C18H20F2N2OS. The third-order valence-electron chi connectivity index (χ3n) is 3.21. The van der Waals surface area contributed by atoms with Gasteiger partial charge in [0, 0.05) is 35.5 Å². The maximum Gasteiger partial charge on any atom is 0.255 e. The van der Waals surface area contributed by atoms with Gasteiger partial charge in [-0.15, -0.1) is 11.8 Å². The van der Waals surface area contributed by atoms with Crippen molar-refractivity contribution in [3.8, 4) is 0 Å². The minimum atomic E-state index is -0.723. The van der Waals surface area contributed by atoms with Crippen LogP contribution < -0.4 is 10.2 Å². The molecule has 0 aromatic heterocycles. The van der Waals surface area contributed by atoms with Crippen molar-refractivity contribution in [3.63, 3.8) is 0 Å². The summed E-state index contributed by atoms with van der Waals surface area (Å²) in [4.78, 5) is 14.6. The number of nitrogens with zero attached hydrogens (tertiary/aromatic N) is 1. The lowest BCUT2D eigenvalue weighted by atomic mass is 10.2. The Bertz CT molecular complexity index is 707. The molecule has 128 valence electrons. The molecule has 2 rings (SSSR count). The Morgan fingerprint density at radius 2 is 1.62 bits per heavy atom. The van der Waals surface area contributed by atoms with Crippen molar-refractivity contribution < 1.29 is 13.6 Å². The van der Waals surface area contributed by atoms with Crippen molar-refractivity contribution in [1.82, 2.24) is 0 Å². The van der Waals surface area contributed by atoms with E-state index in [2.05, 4.69) is 19.2 Å². The lowest BCUT2D eigenvalue weighted by Crippen LogP contribution is -2.15. The zero-order chi connectivity index (χ0) is 17.9. The summed E-state index contributed by atoms with van der Waals surface area (Å²) < 4.78 is 27.9. The van der Waals surface area contributed by atoms with Crippen LogP contribution in [0, 0.1) is 11.6 Å². The number of rotatable bonds is 5. The second-order valence-corrected chi connectivity index (χ2v) is 7.48. The molecule has 0 saturated carbocycles. The summed E-state index contributed by atoms with van der Waals surface area (Å²) >= 11 is 1.70. The number of carbonyl (C=O) groups is 1. The topological polar surface area (TPSA) is 32.3 Å². The lowest BCUT2D eigenvalue weighted by molar-refractivity contribution is 0.102. The summed E-state index contributed by atoms with van der Waals surface area (Å²) in [5.74, 6) is -1.86. The molecule has 0 atom stereocenters. The average molecular weight is 350 g/mol. The van der Waals surface area contributed by atoms with E-state index in [1.165, 1.54) is 4.90 Å². The Balaban J connectivity index is 2.15. The van der Waals surface area contributed by atoms with Gasteiger partial charge >= 0.3 is 0 Å². The monoisotopic (exact) mass is 350 g/mol. The molecule has 3 nitrogen and oxygen atoms in total. The molecule has 0 aliphatic rings. The van der Waals surface area contributed by atoms with Crippen LogP contribution in [0.15, 0.2) is 41.3 Å². The highest BCUT2D eigenvalue weighted by Crippen LogP contribution is 2.26. The first-order valence-corrected chi connectivity index (χ1v) is 8.40. The molecule has 0 unspecified atom stereocenters. The minimum absolute atomic E-state index is 0.0845. The fourth-order valence-corrected chi connectivity index (χ4v) is 3.06. The van der Waals surface area contributed by atoms with Crippen molar-refractivity contribution in [1.29, 1.82) is 0 Å². The predicted molar refractivity (Wildman–Crippen MR) is 96.1 cm³/mol. The molecule has 2 aromatic rings. The highest BCUT2D eigenvalue weighted by Gasteiger charge is 2.15. The molecule has 0 aliphatic heterocycles. The third-order valence-corrected chi connectivity index (χ3v) is 4.23. The molecule has 0 fully saturated rings. The van der Waals surface area contributed by atoms with Gasteiger partial charge in [0.15, 0.2) is 11.6 Å². The SMILES string of the molecule is CC(C)Sc1ccc(C(=O)Nc2cc(F)c(N(C)C)c(F)c2)cc1. The first-order valence-electron chi connectivity index (χ1n) is 7.52. The van der Waals surface area contributed by atoms with Crippen molar-refractivity contribution in [2.75, 3.05) is 24.3 Å². The minimum Gasteiger partial charge on any atom is -0.373 e. The standard InChI is InChI=1S/C18H20F2N2OS/c1-11(2)24-14-7-5-12(6-8-14)18(23)21-13-9-15(19)17(22(3)4)16(20)10-13/h5-11H,1-4H3,(H,21,23). The molecule has 2 aromatic carbocycles. The maximum absolute atomic E-state index is 14.0. The molecule has 0 spiro atoms. The first kappa shape index (κ1) is 18.3. The second-order valence-electron chi connectivity index (χ2n) is 5.83. The van der Waals surface area contributed by atoms with Gasteiger partial charge in [-0.2, -0.15) is 0 Å². The van der Waals surface area contributed by atoms with Crippen LogP contribution in [-0.2, 0) is 0 Å². The van der Waals surface area contributed by atoms with Crippen molar-refractivity contribution in [2.45, 2.75) is 24.0 Å². The largest absolute Gasteiger partial charge is 0.373 e. The van der Waals surface area contributed by atoms with Crippen molar-refractivity contribution in [3.05, 3.63) is 53.6 Å². The van der Waals surface area contributed by atoms with E-state index in [-0.39, 0.29) is 11.4 Å². The van der Waals surface area contributed by atoms with E-state index in [0.29, 0.717) is 10.8 Å². The van der Waals surface area contributed by atoms with Gasteiger partial charge in [-0.1, -0.05) is 13.8 Å². The van der Waals surface area contributed by atoms with E-state index >= 15 is 0 Å². The van der Waals surface area contributed by atoms with Gasteiger partial charge in [0.2, 0.25) is 0 Å². The van der Waals surface area contributed by atoms with Crippen molar-refractivity contribution >= 4 is 29.0 Å². The predicted octanol–water partition coefficient (Wildman–Crippen LogP) is 4.78. The molecule has 0 heterocycles.